The lowest BCUT2D eigenvalue weighted by molar-refractivity contribution is 0.00427. The molecule has 24 heavy (non-hydrogen) atoms. The van der Waals surface area contributed by atoms with Crippen LogP contribution in [0.15, 0.2) is 6.33 Å². The van der Waals surface area contributed by atoms with Crippen molar-refractivity contribution >= 4 is 0 Å². The summed E-state index contributed by atoms with van der Waals surface area (Å²) in [7, 11) is 0. The molecule has 1 aromatic rings. The first-order valence-electron chi connectivity index (χ1n) is 9.83. The minimum Gasteiger partial charge on any atom is -0.381 e. The Morgan fingerprint density at radius 2 is 1.88 bits per heavy atom. The number of piperidine rings is 1. The van der Waals surface area contributed by atoms with Gasteiger partial charge in [-0.3, -0.25) is 4.90 Å². The van der Waals surface area contributed by atoms with Crippen LogP contribution in [0.2, 0.25) is 0 Å². The van der Waals surface area contributed by atoms with Gasteiger partial charge >= 0.3 is 0 Å². The molecule has 0 aromatic carbocycles. The third kappa shape index (κ3) is 3.14. The van der Waals surface area contributed by atoms with Crippen molar-refractivity contribution in [1.82, 2.24) is 19.8 Å². The van der Waals surface area contributed by atoms with Gasteiger partial charge in [0.25, 0.3) is 0 Å². The second kappa shape index (κ2) is 7.14. The van der Waals surface area contributed by atoms with Crippen molar-refractivity contribution in [2.45, 2.75) is 64.1 Å². The molecule has 1 aromatic heterocycles. The Hall–Kier alpha value is -0.910. The number of ether oxygens (including phenoxy) is 1. The Bertz CT molecular complexity index is 529. The molecule has 1 unspecified atom stereocenters. The highest BCUT2D eigenvalue weighted by atomic mass is 16.5. The van der Waals surface area contributed by atoms with Crippen LogP contribution in [0.25, 0.3) is 0 Å². The zero-order valence-corrected chi connectivity index (χ0v) is 15.2. The van der Waals surface area contributed by atoms with Crippen LogP contribution in [0.4, 0.5) is 0 Å². The van der Waals surface area contributed by atoms with E-state index in [1.54, 1.807) is 0 Å². The van der Waals surface area contributed by atoms with Crippen molar-refractivity contribution in [3.05, 3.63) is 17.7 Å². The van der Waals surface area contributed by atoms with Crippen molar-refractivity contribution in [1.29, 1.82) is 0 Å². The summed E-state index contributed by atoms with van der Waals surface area (Å²) in [5.41, 5.74) is 2.71. The molecule has 134 valence electrons. The van der Waals surface area contributed by atoms with E-state index in [4.69, 9.17) is 9.72 Å². The number of hydrogen-bond acceptors (Lipinski definition) is 4. The Morgan fingerprint density at radius 3 is 2.58 bits per heavy atom. The second-order valence-corrected chi connectivity index (χ2v) is 8.01. The predicted octanol–water partition coefficient (Wildman–Crippen LogP) is 2.61. The van der Waals surface area contributed by atoms with Gasteiger partial charge in [0.1, 0.15) is 0 Å². The maximum Gasteiger partial charge on any atom is 0.0925 e. The monoisotopic (exact) mass is 332 g/mol. The minimum absolute atomic E-state index is 0.511. The highest BCUT2D eigenvalue weighted by molar-refractivity contribution is 5.21. The number of aromatic nitrogens is 2. The van der Waals surface area contributed by atoms with Crippen molar-refractivity contribution in [3.8, 4) is 0 Å². The number of imidazole rings is 1. The molecule has 0 spiro atoms. The van der Waals surface area contributed by atoms with Gasteiger partial charge in [0.2, 0.25) is 0 Å². The molecule has 0 saturated carbocycles. The van der Waals surface area contributed by atoms with Crippen molar-refractivity contribution < 1.29 is 4.74 Å². The summed E-state index contributed by atoms with van der Waals surface area (Å²) in [6.45, 7) is 10.2. The highest BCUT2D eigenvalue weighted by Gasteiger charge is 2.39. The van der Waals surface area contributed by atoms with E-state index in [9.17, 15) is 0 Å². The molecule has 0 aliphatic carbocycles. The van der Waals surface area contributed by atoms with E-state index >= 15 is 0 Å². The Labute approximate surface area is 145 Å². The van der Waals surface area contributed by atoms with Crippen LogP contribution in [0.1, 0.15) is 57.0 Å². The summed E-state index contributed by atoms with van der Waals surface area (Å²) in [4.78, 5) is 13.5. The van der Waals surface area contributed by atoms with E-state index in [0.717, 1.165) is 38.1 Å². The first-order chi connectivity index (χ1) is 11.7. The summed E-state index contributed by atoms with van der Waals surface area (Å²) in [6.07, 6.45) is 8.06. The van der Waals surface area contributed by atoms with Gasteiger partial charge < -0.3 is 14.6 Å². The van der Waals surface area contributed by atoms with E-state index in [0.29, 0.717) is 12.1 Å². The molecule has 2 fully saturated rings. The van der Waals surface area contributed by atoms with Crippen molar-refractivity contribution in [2.24, 2.45) is 5.92 Å². The summed E-state index contributed by atoms with van der Waals surface area (Å²) in [6, 6.07) is 1.86. The number of fused-ring (bicyclic) bond motifs is 1. The Balaban J connectivity index is 1.45. The van der Waals surface area contributed by atoms with Gasteiger partial charge in [-0.15, -0.1) is 0 Å². The lowest BCUT2D eigenvalue weighted by atomic mass is 9.82. The quantitative estimate of drug-likeness (QED) is 0.924. The largest absolute Gasteiger partial charge is 0.381 e. The van der Waals surface area contributed by atoms with Crippen LogP contribution in [-0.2, 0) is 11.2 Å². The molecule has 4 rings (SSSR count). The van der Waals surface area contributed by atoms with E-state index in [-0.39, 0.29) is 0 Å². The molecule has 0 bridgehead atoms. The van der Waals surface area contributed by atoms with Crippen LogP contribution < -0.4 is 0 Å². The van der Waals surface area contributed by atoms with Crippen LogP contribution in [0.5, 0.6) is 0 Å². The van der Waals surface area contributed by atoms with Crippen molar-refractivity contribution in [2.75, 3.05) is 32.8 Å². The minimum atomic E-state index is 0.511. The van der Waals surface area contributed by atoms with Crippen LogP contribution >= 0.6 is 0 Å². The van der Waals surface area contributed by atoms with Crippen molar-refractivity contribution in [3.63, 3.8) is 0 Å². The Morgan fingerprint density at radius 1 is 1.12 bits per heavy atom. The summed E-state index contributed by atoms with van der Waals surface area (Å²) in [5.74, 6) is 0.742. The van der Waals surface area contributed by atoms with E-state index in [1.807, 2.05) is 6.33 Å². The third-order valence-corrected chi connectivity index (χ3v) is 6.40. The molecule has 0 amide bonds. The standard InChI is InChI=1S/C19H32N4O/c1-14(2)23-10-5-17-18(21-13-20-17)19(23)15-3-8-22(9-4-15)16-6-11-24-12-7-16/h13-16,19H,3-12H2,1-2H3,(H,20,21). The summed E-state index contributed by atoms with van der Waals surface area (Å²) < 4.78 is 5.53. The molecule has 4 heterocycles. The highest BCUT2D eigenvalue weighted by Crippen LogP contribution is 2.40. The normalized spacial score (nSPS) is 28.4. The smallest absolute Gasteiger partial charge is 0.0925 e. The third-order valence-electron chi connectivity index (χ3n) is 6.40. The van der Waals surface area contributed by atoms with Crippen LogP contribution in [0.3, 0.4) is 0 Å². The fourth-order valence-corrected chi connectivity index (χ4v) is 5.05. The average Bonchev–Trinajstić information content (AvgIpc) is 3.10. The SMILES string of the molecule is CC(C)N1CCc2[nH]cnc2C1C1CCN(C2CCOCC2)CC1. The molecule has 3 aliphatic rings. The summed E-state index contributed by atoms with van der Waals surface area (Å²) in [5, 5.41) is 0. The molecule has 3 aliphatic heterocycles. The first-order valence-corrected chi connectivity index (χ1v) is 9.83. The molecular formula is C19H32N4O. The molecule has 2 saturated heterocycles. The molecule has 0 radical (unpaired) electrons. The molecule has 1 atom stereocenters. The van der Waals surface area contributed by atoms with E-state index in [1.165, 1.54) is 50.2 Å². The average molecular weight is 332 g/mol. The molecular weight excluding hydrogens is 300 g/mol. The van der Waals surface area contributed by atoms with Crippen LogP contribution in [0, 0.1) is 5.92 Å². The fraction of sp³-hybridized carbons (Fsp3) is 0.842. The van der Waals surface area contributed by atoms with E-state index in [2.05, 4.69) is 28.6 Å². The number of nitrogens with one attached hydrogen (secondary N) is 1. The van der Waals surface area contributed by atoms with Gasteiger partial charge in [0.05, 0.1) is 18.1 Å². The zero-order chi connectivity index (χ0) is 16.5. The van der Waals surface area contributed by atoms with Gasteiger partial charge in [-0.05, 0) is 58.5 Å². The van der Waals surface area contributed by atoms with Gasteiger partial charge in [-0.1, -0.05) is 0 Å². The topological polar surface area (TPSA) is 44.4 Å². The number of rotatable bonds is 3. The maximum absolute atomic E-state index is 5.53. The second-order valence-electron chi connectivity index (χ2n) is 8.01. The lowest BCUT2D eigenvalue weighted by Crippen LogP contribution is -2.49. The zero-order valence-electron chi connectivity index (χ0n) is 15.2. The molecule has 1 N–H and O–H groups in total. The Kier molecular flexibility index (Phi) is 4.93. The number of aromatic amines is 1. The van der Waals surface area contributed by atoms with Crippen LogP contribution in [-0.4, -0.2) is 64.7 Å². The van der Waals surface area contributed by atoms with Gasteiger partial charge in [-0.2, -0.15) is 0 Å². The van der Waals surface area contributed by atoms with Gasteiger partial charge in [-0.25, -0.2) is 4.98 Å². The van der Waals surface area contributed by atoms with E-state index < -0.39 is 0 Å². The van der Waals surface area contributed by atoms with Gasteiger partial charge in [0, 0.05) is 44.0 Å². The first kappa shape index (κ1) is 16.6. The summed E-state index contributed by atoms with van der Waals surface area (Å²) >= 11 is 0. The number of hydrogen-bond donors (Lipinski definition) is 1. The number of H-pyrrole nitrogens is 1. The fourth-order valence-electron chi connectivity index (χ4n) is 5.05. The maximum atomic E-state index is 5.53. The number of likely N-dealkylation sites (tertiary alicyclic amines) is 1. The van der Waals surface area contributed by atoms with Gasteiger partial charge in [0.15, 0.2) is 0 Å². The number of nitrogens with zero attached hydrogens (tertiary/aromatic N) is 3. The molecule has 5 heteroatoms. The predicted molar refractivity (Wildman–Crippen MR) is 95.0 cm³/mol. The lowest BCUT2D eigenvalue weighted by Gasteiger charge is -2.46. The molecule has 5 nitrogen and oxygen atoms in total.